The summed E-state index contributed by atoms with van der Waals surface area (Å²) in [6.07, 6.45) is 10.4. The van der Waals surface area contributed by atoms with E-state index in [1.54, 1.807) is 12.1 Å². The molecule has 0 saturated heterocycles. The van der Waals surface area contributed by atoms with Gasteiger partial charge < -0.3 is 4.74 Å². The van der Waals surface area contributed by atoms with Crippen molar-refractivity contribution in [1.82, 2.24) is 4.98 Å². The highest BCUT2D eigenvalue weighted by atomic mass is 32.2. The highest BCUT2D eigenvalue weighted by Gasteiger charge is 2.26. The normalized spacial score (nSPS) is 21.0. The lowest BCUT2D eigenvalue weighted by molar-refractivity contribution is 0.210. The summed E-state index contributed by atoms with van der Waals surface area (Å²) in [5.41, 5.74) is 2.11. The molecule has 1 heterocycles. The van der Waals surface area contributed by atoms with Crippen LogP contribution in [0.4, 0.5) is 0 Å². The Balaban J connectivity index is 1.51. The number of pyridine rings is 1. The van der Waals surface area contributed by atoms with E-state index in [2.05, 4.69) is 32.7 Å². The highest BCUT2D eigenvalue weighted by molar-refractivity contribution is 7.90. The molecule has 1 aromatic carbocycles. The van der Waals surface area contributed by atoms with E-state index < -0.39 is 9.84 Å². The molecular weight excluding hydrogens is 418 g/mol. The van der Waals surface area contributed by atoms with Crippen molar-refractivity contribution in [3.05, 3.63) is 42.6 Å². The van der Waals surface area contributed by atoms with Gasteiger partial charge in [0.15, 0.2) is 9.84 Å². The first kappa shape index (κ1) is 24.8. The van der Waals surface area contributed by atoms with Crippen molar-refractivity contribution < 1.29 is 13.2 Å². The van der Waals surface area contributed by atoms with Crippen LogP contribution in [0.15, 0.2) is 47.5 Å². The quantitative estimate of drug-likeness (QED) is 0.429. The fourth-order valence-electron chi connectivity index (χ4n) is 4.98. The van der Waals surface area contributed by atoms with E-state index in [1.807, 2.05) is 24.3 Å². The summed E-state index contributed by atoms with van der Waals surface area (Å²) in [7, 11) is -3.23. The number of hydrogen-bond acceptors (Lipinski definition) is 4. The molecule has 1 saturated carbocycles. The number of ether oxygens (including phenoxy) is 1. The van der Waals surface area contributed by atoms with Crippen LogP contribution in [0.1, 0.15) is 66.2 Å². The third-order valence-corrected chi connectivity index (χ3v) is 7.77. The SMILES string of the molecule is CC(CC(C)(C)C)C1CCCC(COc2ccc(-c3ccc(S(C)(=O)=O)cn3)cc2)CC1. The maximum Gasteiger partial charge on any atom is 0.177 e. The summed E-state index contributed by atoms with van der Waals surface area (Å²) >= 11 is 0. The Morgan fingerprint density at radius 2 is 1.75 bits per heavy atom. The molecule has 1 aliphatic rings. The Morgan fingerprint density at radius 1 is 1.03 bits per heavy atom. The standard InChI is InChI=1S/C27H39NO3S/c1-20(17-27(2,3)4)22-8-6-7-21(9-10-22)19-31-24-13-11-23(12-14-24)26-16-15-25(18-28-26)32(5,29)30/h11-16,18,20-22H,6-10,17,19H2,1-5H3. The molecule has 1 aromatic heterocycles. The average Bonchev–Trinajstić information content (AvgIpc) is 2.97. The zero-order chi connectivity index (χ0) is 23.4. The Bertz CT molecular complexity index is 959. The first-order valence-corrected chi connectivity index (χ1v) is 13.8. The second-order valence-corrected chi connectivity index (χ2v) is 12.9. The van der Waals surface area contributed by atoms with E-state index in [4.69, 9.17) is 4.74 Å². The molecule has 0 radical (unpaired) electrons. The van der Waals surface area contributed by atoms with Crippen LogP contribution in [-0.2, 0) is 9.84 Å². The van der Waals surface area contributed by atoms with Crippen LogP contribution >= 0.6 is 0 Å². The molecule has 2 aromatic rings. The molecule has 0 amide bonds. The summed E-state index contributed by atoms with van der Waals surface area (Å²) in [5.74, 6) is 3.15. The molecule has 5 heteroatoms. The fourth-order valence-corrected chi connectivity index (χ4v) is 5.54. The molecular formula is C27H39NO3S. The molecule has 0 bridgehead atoms. The van der Waals surface area contributed by atoms with Gasteiger partial charge in [0.2, 0.25) is 0 Å². The largest absolute Gasteiger partial charge is 0.493 e. The molecule has 3 unspecified atom stereocenters. The molecule has 4 nitrogen and oxygen atoms in total. The van der Waals surface area contributed by atoms with Gasteiger partial charge in [-0.2, -0.15) is 0 Å². The number of benzene rings is 1. The monoisotopic (exact) mass is 457 g/mol. The second-order valence-electron chi connectivity index (χ2n) is 10.9. The Kier molecular flexibility index (Phi) is 8.02. The molecule has 32 heavy (non-hydrogen) atoms. The van der Waals surface area contributed by atoms with E-state index in [0.29, 0.717) is 11.3 Å². The van der Waals surface area contributed by atoms with E-state index in [9.17, 15) is 8.42 Å². The van der Waals surface area contributed by atoms with Crippen molar-refractivity contribution in [2.45, 2.75) is 71.1 Å². The van der Waals surface area contributed by atoms with Gasteiger partial charge in [0.05, 0.1) is 17.2 Å². The van der Waals surface area contributed by atoms with Gasteiger partial charge in [-0.05, 0) is 85.3 Å². The lowest BCUT2D eigenvalue weighted by atomic mass is 9.77. The minimum Gasteiger partial charge on any atom is -0.493 e. The third-order valence-electron chi connectivity index (χ3n) is 6.67. The van der Waals surface area contributed by atoms with Gasteiger partial charge in [-0.25, -0.2) is 8.42 Å². The third kappa shape index (κ3) is 7.33. The predicted molar refractivity (Wildman–Crippen MR) is 132 cm³/mol. The number of sulfone groups is 1. The lowest BCUT2D eigenvalue weighted by Gasteiger charge is -2.29. The number of rotatable bonds is 7. The maximum atomic E-state index is 11.6. The van der Waals surface area contributed by atoms with Crippen molar-refractivity contribution in [3.8, 4) is 17.0 Å². The summed E-state index contributed by atoms with van der Waals surface area (Å²) < 4.78 is 29.3. The summed E-state index contributed by atoms with van der Waals surface area (Å²) in [6.45, 7) is 10.3. The van der Waals surface area contributed by atoms with Crippen LogP contribution in [0, 0.1) is 23.2 Å². The minimum atomic E-state index is -3.23. The first-order valence-electron chi connectivity index (χ1n) is 11.9. The molecule has 0 spiro atoms. The first-order chi connectivity index (χ1) is 15.0. The smallest absolute Gasteiger partial charge is 0.177 e. The average molecular weight is 458 g/mol. The van der Waals surface area contributed by atoms with Crippen LogP contribution in [0.2, 0.25) is 0 Å². The van der Waals surface area contributed by atoms with Crippen molar-refractivity contribution in [2.75, 3.05) is 12.9 Å². The van der Waals surface area contributed by atoms with Gasteiger partial charge in [-0.3, -0.25) is 4.98 Å². The van der Waals surface area contributed by atoms with E-state index >= 15 is 0 Å². The second kappa shape index (κ2) is 10.4. The molecule has 0 N–H and O–H groups in total. The van der Waals surface area contributed by atoms with Crippen LogP contribution in [-0.4, -0.2) is 26.3 Å². The Hall–Kier alpha value is -1.88. The summed E-state index contributed by atoms with van der Waals surface area (Å²) in [6, 6.07) is 11.3. The van der Waals surface area contributed by atoms with Crippen molar-refractivity contribution in [1.29, 1.82) is 0 Å². The van der Waals surface area contributed by atoms with Gasteiger partial charge in [0.1, 0.15) is 5.75 Å². The van der Waals surface area contributed by atoms with Crippen LogP contribution in [0.5, 0.6) is 5.75 Å². The van der Waals surface area contributed by atoms with E-state index in [0.717, 1.165) is 35.4 Å². The molecule has 3 rings (SSSR count). The summed E-state index contributed by atoms with van der Waals surface area (Å²) in [4.78, 5) is 4.53. The van der Waals surface area contributed by atoms with E-state index in [-0.39, 0.29) is 4.90 Å². The molecule has 1 fully saturated rings. The van der Waals surface area contributed by atoms with Crippen molar-refractivity contribution >= 4 is 9.84 Å². The van der Waals surface area contributed by atoms with Gasteiger partial charge in [0, 0.05) is 18.0 Å². The van der Waals surface area contributed by atoms with Crippen molar-refractivity contribution in [2.24, 2.45) is 23.2 Å². The molecule has 176 valence electrons. The van der Waals surface area contributed by atoms with Gasteiger partial charge >= 0.3 is 0 Å². The number of hydrogen-bond donors (Lipinski definition) is 0. The number of nitrogens with zero attached hydrogens (tertiary/aromatic N) is 1. The summed E-state index contributed by atoms with van der Waals surface area (Å²) in [5, 5.41) is 0. The molecule has 0 aliphatic heterocycles. The van der Waals surface area contributed by atoms with Crippen LogP contribution in [0.3, 0.4) is 0 Å². The van der Waals surface area contributed by atoms with Crippen LogP contribution in [0.25, 0.3) is 11.3 Å². The van der Waals surface area contributed by atoms with E-state index in [1.165, 1.54) is 51.0 Å². The number of aromatic nitrogens is 1. The predicted octanol–water partition coefficient (Wildman–Crippen LogP) is 6.80. The lowest BCUT2D eigenvalue weighted by Crippen LogP contribution is -2.18. The van der Waals surface area contributed by atoms with Gasteiger partial charge in [0.25, 0.3) is 0 Å². The molecule has 1 aliphatic carbocycles. The highest BCUT2D eigenvalue weighted by Crippen LogP contribution is 2.37. The van der Waals surface area contributed by atoms with Gasteiger partial charge in [-0.15, -0.1) is 0 Å². The zero-order valence-corrected chi connectivity index (χ0v) is 21.1. The minimum absolute atomic E-state index is 0.236. The van der Waals surface area contributed by atoms with Gasteiger partial charge in [-0.1, -0.05) is 40.5 Å². The Labute approximate surface area is 194 Å². The molecule has 3 atom stereocenters. The van der Waals surface area contributed by atoms with Crippen molar-refractivity contribution in [3.63, 3.8) is 0 Å². The maximum absolute atomic E-state index is 11.6. The zero-order valence-electron chi connectivity index (χ0n) is 20.3. The fraction of sp³-hybridized carbons (Fsp3) is 0.593. The van der Waals surface area contributed by atoms with Crippen LogP contribution < -0.4 is 4.74 Å². The Morgan fingerprint density at radius 3 is 2.34 bits per heavy atom. The topological polar surface area (TPSA) is 56.3 Å².